The fourth-order valence-corrected chi connectivity index (χ4v) is 0.539. The Kier molecular flexibility index (Phi) is 0.955. The van der Waals surface area contributed by atoms with Gasteiger partial charge in [-0.3, -0.25) is 10.1 Å². The van der Waals surface area contributed by atoms with E-state index >= 15 is 0 Å². The van der Waals surface area contributed by atoms with E-state index in [-0.39, 0.29) is 11.9 Å². The van der Waals surface area contributed by atoms with Crippen LogP contribution in [0.4, 0.5) is 5.69 Å². The summed E-state index contributed by atoms with van der Waals surface area (Å²) in [4.78, 5) is 9.54. The molecule has 1 aromatic heterocycles. The fourth-order valence-electron chi connectivity index (χ4n) is 0.539. The molecular formula is C5H6N2O2. The number of aromatic nitrogens is 1. The van der Waals surface area contributed by atoms with Gasteiger partial charge < -0.3 is 4.57 Å². The van der Waals surface area contributed by atoms with E-state index < -0.39 is 4.92 Å². The third-order valence-corrected chi connectivity index (χ3v) is 0.944. The van der Waals surface area contributed by atoms with E-state index in [1.54, 1.807) is 7.05 Å². The van der Waals surface area contributed by atoms with Crippen LogP contribution in [0.25, 0.3) is 0 Å². The summed E-state index contributed by atoms with van der Waals surface area (Å²) < 4.78 is 8.51. The minimum Gasteiger partial charge on any atom is -0.351 e. The van der Waals surface area contributed by atoms with Crippen LogP contribution in [0.1, 0.15) is 1.37 Å². The average Bonchev–Trinajstić information content (AvgIpc) is 2.14. The second-order valence-electron chi connectivity index (χ2n) is 1.68. The second-order valence-corrected chi connectivity index (χ2v) is 1.68. The van der Waals surface area contributed by atoms with Crippen LogP contribution in [0.3, 0.4) is 0 Å². The van der Waals surface area contributed by atoms with Crippen LogP contribution in [0.2, 0.25) is 0 Å². The first kappa shape index (κ1) is 4.55. The maximum absolute atomic E-state index is 10.1. The Morgan fingerprint density at radius 1 is 2.00 bits per heavy atom. The summed E-state index contributed by atoms with van der Waals surface area (Å²) in [5.74, 6) is 0. The molecule has 0 saturated carbocycles. The first-order valence-corrected chi connectivity index (χ1v) is 2.39. The van der Waals surface area contributed by atoms with E-state index in [4.69, 9.17) is 1.37 Å². The summed E-state index contributed by atoms with van der Waals surface area (Å²) >= 11 is 0. The molecule has 0 saturated heterocycles. The van der Waals surface area contributed by atoms with Gasteiger partial charge in [-0.1, -0.05) is 0 Å². The maximum atomic E-state index is 10.1. The number of hydrogen-bond acceptors (Lipinski definition) is 2. The number of hydrogen-bond donors (Lipinski definition) is 0. The highest BCUT2D eigenvalue weighted by molar-refractivity contribution is 5.25. The first-order valence-electron chi connectivity index (χ1n) is 2.89. The van der Waals surface area contributed by atoms with Gasteiger partial charge in [-0.05, 0) is 0 Å². The highest BCUT2D eigenvalue weighted by atomic mass is 16.6. The van der Waals surface area contributed by atoms with Crippen LogP contribution in [0, 0.1) is 10.1 Å². The minimum atomic E-state index is -0.567. The lowest BCUT2D eigenvalue weighted by Gasteiger charge is -1.81. The lowest BCUT2D eigenvalue weighted by molar-refractivity contribution is -0.384. The Morgan fingerprint density at radius 3 is 2.89 bits per heavy atom. The zero-order chi connectivity index (χ0) is 7.72. The van der Waals surface area contributed by atoms with Crippen LogP contribution >= 0.6 is 0 Å². The molecule has 0 bridgehead atoms. The standard InChI is InChI=1S/C5H6N2O2/c1-6-3-2-5(4-6)7(8)9/h2-4H,1H3/i4D. The highest BCUT2D eigenvalue weighted by Gasteiger charge is 2.03. The van der Waals surface area contributed by atoms with E-state index in [0.29, 0.717) is 0 Å². The van der Waals surface area contributed by atoms with Crippen molar-refractivity contribution in [3.05, 3.63) is 28.6 Å². The predicted molar refractivity (Wildman–Crippen MR) is 32.1 cm³/mol. The largest absolute Gasteiger partial charge is 0.351 e. The summed E-state index contributed by atoms with van der Waals surface area (Å²) in [6, 6.07) is 1.31. The van der Waals surface area contributed by atoms with E-state index in [2.05, 4.69) is 0 Å². The summed E-state index contributed by atoms with van der Waals surface area (Å²) in [5, 5.41) is 10.1. The van der Waals surface area contributed by atoms with Crippen molar-refractivity contribution >= 4 is 5.69 Å². The number of aryl methyl sites for hydroxylation is 1. The fraction of sp³-hybridized carbons (Fsp3) is 0.200. The molecule has 0 spiro atoms. The minimum absolute atomic E-state index is 0.0648. The predicted octanol–water partition coefficient (Wildman–Crippen LogP) is 0.933. The molecule has 0 aliphatic carbocycles. The molecule has 0 aliphatic rings. The van der Waals surface area contributed by atoms with Crippen molar-refractivity contribution in [3.63, 3.8) is 0 Å². The Hall–Kier alpha value is -1.32. The van der Waals surface area contributed by atoms with Gasteiger partial charge in [-0.2, -0.15) is 0 Å². The lowest BCUT2D eigenvalue weighted by atomic mass is 10.6. The van der Waals surface area contributed by atoms with Crippen LogP contribution < -0.4 is 0 Å². The van der Waals surface area contributed by atoms with Crippen molar-refractivity contribution in [2.75, 3.05) is 0 Å². The third kappa shape index (κ3) is 1.07. The summed E-state index contributed by atoms with van der Waals surface area (Å²) in [6.07, 6.45) is 1.42. The van der Waals surface area contributed by atoms with Crippen LogP contribution in [-0.2, 0) is 7.05 Å². The van der Waals surface area contributed by atoms with E-state index in [1.807, 2.05) is 0 Å². The lowest BCUT2D eigenvalue weighted by Crippen LogP contribution is -1.84. The molecule has 0 N–H and O–H groups in total. The summed E-state index contributed by atoms with van der Waals surface area (Å²) in [6.45, 7) is 0. The maximum Gasteiger partial charge on any atom is 0.286 e. The van der Waals surface area contributed by atoms with Crippen molar-refractivity contribution in [2.45, 2.75) is 0 Å². The van der Waals surface area contributed by atoms with Crippen molar-refractivity contribution in [3.8, 4) is 0 Å². The highest BCUT2D eigenvalue weighted by Crippen LogP contribution is 2.08. The molecule has 9 heavy (non-hydrogen) atoms. The Balaban J connectivity index is 3.17. The molecule has 0 amide bonds. The third-order valence-electron chi connectivity index (χ3n) is 0.944. The molecule has 0 fully saturated rings. The molecule has 0 radical (unpaired) electrons. The van der Waals surface area contributed by atoms with E-state index in [1.165, 1.54) is 16.8 Å². The number of nitrogens with zero attached hydrogens (tertiary/aromatic N) is 2. The van der Waals surface area contributed by atoms with Gasteiger partial charge in [-0.25, -0.2) is 0 Å². The van der Waals surface area contributed by atoms with Gasteiger partial charge in [0, 0.05) is 19.3 Å². The zero-order valence-corrected chi connectivity index (χ0v) is 4.87. The molecule has 0 aromatic carbocycles. The Morgan fingerprint density at radius 2 is 2.67 bits per heavy atom. The zero-order valence-electron chi connectivity index (χ0n) is 5.87. The Labute approximate surface area is 53.3 Å². The molecule has 0 atom stereocenters. The van der Waals surface area contributed by atoms with Crippen molar-refractivity contribution in [1.82, 2.24) is 4.57 Å². The SMILES string of the molecule is [2H]c1c([N+](=O)[O-])ccn1C. The first-order chi connectivity index (χ1) is 4.63. The van der Waals surface area contributed by atoms with Gasteiger partial charge in [0.15, 0.2) is 0 Å². The van der Waals surface area contributed by atoms with Gasteiger partial charge in [-0.15, -0.1) is 0 Å². The second kappa shape index (κ2) is 1.89. The van der Waals surface area contributed by atoms with Crippen molar-refractivity contribution in [1.29, 1.82) is 0 Å². The molecule has 4 nitrogen and oxygen atoms in total. The number of nitro groups is 1. The van der Waals surface area contributed by atoms with Gasteiger partial charge in [0.1, 0.15) is 0 Å². The quantitative estimate of drug-likeness (QED) is 0.416. The van der Waals surface area contributed by atoms with Gasteiger partial charge in [0.2, 0.25) is 0 Å². The normalized spacial score (nSPS) is 11.0. The van der Waals surface area contributed by atoms with Gasteiger partial charge in [0.05, 0.1) is 12.5 Å². The average molecular weight is 127 g/mol. The molecule has 0 aliphatic heterocycles. The van der Waals surface area contributed by atoms with E-state index in [9.17, 15) is 10.1 Å². The topological polar surface area (TPSA) is 48.1 Å². The van der Waals surface area contributed by atoms with Crippen LogP contribution in [0.5, 0.6) is 0 Å². The molecule has 1 heterocycles. The van der Waals surface area contributed by atoms with Crippen LogP contribution in [0.15, 0.2) is 18.4 Å². The monoisotopic (exact) mass is 127 g/mol. The molecule has 48 valence electrons. The number of rotatable bonds is 1. The van der Waals surface area contributed by atoms with Crippen molar-refractivity contribution in [2.24, 2.45) is 7.05 Å². The smallest absolute Gasteiger partial charge is 0.286 e. The summed E-state index contributed by atoms with van der Waals surface area (Å²) in [7, 11) is 1.59. The van der Waals surface area contributed by atoms with E-state index in [0.717, 1.165) is 0 Å². The molecular weight excluding hydrogens is 120 g/mol. The molecule has 1 rings (SSSR count). The van der Waals surface area contributed by atoms with Crippen LogP contribution in [-0.4, -0.2) is 9.49 Å². The Bertz CT molecular complexity index is 269. The summed E-state index contributed by atoms with van der Waals surface area (Å²) in [5.41, 5.74) is -0.150. The van der Waals surface area contributed by atoms with Gasteiger partial charge in [0.25, 0.3) is 5.69 Å². The molecule has 1 aromatic rings. The molecule has 0 unspecified atom stereocenters. The van der Waals surface area contributed by atoms with Gasteiger partial charge >= 0.3 is 0 Å². The molecule has 4 heteroatoms. The van der Waals surface area contributed by atoms with Crippen molar-refractivity contribution < 1.29 is 6.29 Å².